The third-order valence-electron chi connectivity index (χ3n) is 1.22. The van der Waals surface area contributed by atoms with E-state index in [0.717, 1.165) is 0 Å². The molecule has 2 nitrogen and oxygen atoms in total. The van der Waals surface area contributed by atoms with Crippen LogP contribution in [0.25, 0.3) is 0 Å². The molecule has 1 atom stereocenters. The monoisotopic (exact) mass is 159 g/mol. The van der Waals surface area contributed by atoms with Crippen LogP contribution < -0.4 is 0 Å². The Morgan fingerprint density at radius 1 is 1.09 bits per heavy atom. The Balaban J connectivity index is 3.69. The molecule has 11 heavy (non-hydrogen) atoms. The summed E-state index contributed by atoms with van der Waals surface area (Å²) in [7, 11) is 0. The van der Waals surface area contributed by atoms with E-state index in [2.05, 4.69) is 13.8 Å². The third kappa shape index (κ3) is 5.22. The fourth-order valence-electron chi connectivity index (χ4n) is 0.749. The lowest BCUT2D eigenvalue weighted by atomic mass is 10.2. The van der Waals surface area contributed by atoms with E-state index in [1.54, 1.807) is 6.61 Å². The smallest absolute Gasteiger partial charge is 0.160 e. The molecule has 0 saturated heterocycles. The van der Waals surface area contributed by atoms with Gasteiger partial charge in [-0.2, -0.15) is 0 Å². The van der Waals surface area contributed by atoms with Crippen LogP contribution in [0.4, 0.5) is 0 Å². The number of ether oxygens (including phenoxy) is 2. The second-order valence-electron chi connectivity index (χ2n) is 3.17. The number of rotatable bonds is 5. The predicted molar refractivity (Wildman–Crippen MR) is 45.9 cm³/mol. The van der Waals surface area contributed by atoms with Crippen LogP contribution in [0.3, 0.4) is 0 Å². The fraction of sp³-hybridized carbons (Fsp3) is 0.889. The molecule has 67 valence electrons. The van der Waals surface area contributed by atoms with Crippen LogP contribution >= 0.6 is 0 Å². The highest BCUT2D eigenvalue weighted by molar-refractivity contribution is 4.54. The van der Waals surface area contributed by atoms with Crippen molar-refractivity contribution < 1.29 is 9.47 Å². The minimum Gasteiger partial charge on any atom is -0.350 e. The summed E-state index contributed by atoms with van der Waals surface area (Å²) in [5, 5.41) is 0. The maximum Gasteiger partial charge on any atom is 0.160 e. The van der Waals surface area contributed by atoms with Gasteiger partial charge in [-0.05, 0) is 20.8 Å². The molecule has 0 fully saturated rings. The molecule has 0 heterocycles. The van der Waals surface area contributed by atoms with Crippen LogP contribution in [0.15, 0.2) is 0 Å². The zero-order valence-corrected chi connectivity index (χ0v) is 8.13. The molecule has 1 unspecified atom stereocenters. The van der Waals surface area contributed by atoms with Crippen molar-refractivity contribution in [2.75, 3.05) is 0 Å². The van der Waals surface area contributed by atoms with E-state index in [0.29, 0.717) is 5.92 Å². The Kier molecular flexibility index (Phi) is 5.51. The van der Waals surface area contributed by atoms with Crippen molar-refractivity contribution in [2.45, 2.75) is 47.0 Å². The lowest BCUT2D eigenvalue weighted by Crippen LogP contribution is -2.25. The minimum absolute atomic E-state index is 0.0972. The van der Waals surface area contributed by atoms with Gasteiger partial charge in [0.1, 0.15) is 0 Å². The van der Waals surface area contributed by atoms with Crippen LogP contribution in [0.1, 0.15) is 34.6 Å². The van der Waals surface area contributed by atoms with E-state index in [9.17, 15) is 0 Å². The Labute approximate surface area is 69.9 Å². The molecule has 0 aromatic carbocycles. The topological polar surface area (TPSA) is 18.5 Å². The SMILES string of the molecule is C[CH]OC(OC(C)C)C(C)C. The minimum atomic E-state index is -0.0972. The van der Waals surface area contributed by atoms with Gasteiger partial charge in [-0.25, -0.2) is 0 Å². The van der Waals surface area contributed by atoms with Crippen LogP contribution in [-0.4, -0.2) is 12.4 Å². The second-order valence-corrected chi connectivity index (χ2v) is 3.17. The van der Waals surface area contributed by atoms with Gasteiger partial charge < -0.3 is 9.47 Å². The van der Waals surface area contributed by atoms with Gasteiger partial charge in [0.15, 0.2) is 6.29 Å². The Morgan fingerprint density at radius 3 is 1.91 bits per heavy atom. The molecule has 0 N–H and O–H groups in total. The summed E-state index contributed by atoms with van der Waals surface area (Å²) < 4.78 is 10.8. The van der Waals surface area contributed by atoms with Gasteiger partial charge in [0, 0.05) is 5.92 Å². The highest BCUT2D eigenvalue weighted by Crippen LogP contribution is 2.11. The van der Waals surface area contributed by atoms with Crippen LogP contribution in [0, 0.1) is 12.5 Å². The summed E-state index contributed by atoms with van der Waals surface area (Å²) >= 11 is 0. The molecule has 0 aliphatic rings. The maximum atomic E-state index is 5.50. The highest BCUT2D eigenvalue weighted by atomic mass is 16.7. The second kappa shape index (κ2) is 5.56. The molecule has 0 spiro atoms. The first-order valence-electron chi connectivity index (χ1n) is 4.16. The lowest BCUT2D eigenvalue weighted by molar-refractivity contribution is -0.165. The first-order valence-corrected chi connectivity index (χ1v) is 4.16. The van der Waals surface area contributed by atoms with Crippen molar-refractivity contribution in [3.05, 3.63) is 6.61 Å². The molecule has 0 amide bonds. The molecular weight excluding hydrogens is 140 g/mol. The van der Waals surface area contributed by atoms with Gasteiger partial charge in [0.25, 0.3) is 0 Å². The van der Waals surface area contributed by atoms with E-state index in [-0.39, 0.29) is 12.4 Å². The molecule has 0 aliphatic heterocycles. The largest absolute Gasteiger partial charge is 0.350 e. The molecule has 2 heteroatoms. The van der Waals surface area contributed by atoms with Crippen molar-refractivity contribution in [2.24, 2.45) is 5.92 Å². The van der Waals surface area contributed by atoms with Crippen molar-refractivity contribution in [1.82, 2.24) is 0 Å². The average molecular weight is 159 g/mol. The third-order valence-corrected chi connectivity index (χ3v) is 1.22. The Bertz CT molecular complexity index is 89.6. The molecule has 0 aromatic heterocycles. The fourth-order valence-corrected chi connectivity index (χ4v) is 0.749. The van der Waals surface area contributed by atoms with E-state index >= 15 is 0 Å². The molecule has 0 bridgehead atoms. The Morgan fingerprint density at radius 2 is 1.64 bits per heavy atom. The number of hydrogen-bond acceptors (Lipinski definition) is 2. The van der Waals surface area contributed by atoms with Crippen molar-refractivity contribution in [3.8, 4) is 0 Å². The summed E-state index contributed by atoms with van der Waals surface area (Å²) in [4.78, 5) is 0. The molecule has 0 saturated carbocycles. The summed E-state index contributed by atoms with van der Waals surface area (Å²) in [6.07, 6.45) is 0.127. The van der Waals surface area contributed by atoms with Crippen LogP contribution in [-0.2, 0) is 9.47 Å². The first-order chi connectivity index (χ1) is 5.07. The van der Waals surface area contributed by atoms with Gasteiger partial charge in [-0.3, -0.25) is 0 Å². The average Bonchev–Trinajstić information content (AvgIpc) is 1.86. The zero-order chi connectivity index (χ0) is 8.85. The molecule has 0 rings (SSSR count). The zero-order valence-electron chi connectivity index (χ0n) is 8.13. The lowest BCUT2D eigenvalue weighted by Gasteiger charge is -2.22. The molecular formula is C9H19O2. The molecule has 0 aromatic rings. The summed E-state index contributed by atoms with van der Waals surface area (Å²) in [6, 6.07) is 0. The van der Waals surface area contributed by atoms with Crippen LogP contribution in [0.2, 0.25) is 0 Å². The van der Waals surface area contributed by atoms with Gasteiger partial charge >= 0.3 is 0 Å². The quantitative estimate of drug-likeness (QED) is 0.574. The summed E-state index contributed by atoms with van der Waals surface area (Å²) in [6.45, 7) is 11.7. The highest BCUT2D eigenvalue weighted by Gasteiger charge is 2.14. The van der Waals surface area contributed by atoms with Crippen molar-refractivity contribution in [3.63, 3.8) is 0 Å². The molecule has 0 aliphatic carbocycles. The standard InChI is InChI=1S/C9H19O2/c1-6-10-9(7(2)3)11-8(4)5/h6-9H,1-5H3. The summed E-state index contributed by atoms with van der Waals surface area (Å²) in [5.41, 5.74) is 0. The van der Waals surface area contributed by atoms with Gasteiger partial charge in [0.2, 0.25) is 0 Å². The Hall–Kier alpha value is -0.0800. The van der Waals surface area contributed by atoms with E-state index in [1.165, 1.54) is 0 Å². The van der Waals surface area contributed by atoms with Gasteiger partial charge in [0.05, 0.1) is 12.7 Å². The van der Waals surface area contributed by atoms with Crippen molar-refractivity contribution >= 4 is 0 Å². The molecule has 1 radical (unpaired) electrons. The van der Waals surface area contributed by atoms with Crippen LogP contribution in [0.5, 0.6) is 0 Å². The predicted octanol–water partition coefficient (Wildman–Crippen LogP) is 2.59. The van der Waals surface area contributed by atoms with E-state index in [4.69, 9.17) is 9.47 Å². The van der Waals surface area contributed by atoms with E-state index in [1.807, 2.05) is 20.8 Å². The first kappa shape index (κ1) is 10.9. The number of hydrogen-bond donors (Lipinski definition) is 0. The van der Waals surface area contributed by atoms with Gasteiger partial charge in [-0.1, -0.05) is 13.8 Å². The normalized spacial score (nSPS) is 14.5. The van der Waals surface area contributed by atoms with Gasteiger partial charge in [-0.15, -0.1) is 0 Å². The maximum absolute atomic E-state index is 5.50. The van der Waals surface area contributed by atoms with Crippen molar-refractivity contribution in [1.29, 1.82) is 0 Å². The summed E-state index contributed by atoms with van der Waals surface area (Å²) in [5.74, 6) is 0.397. The van der Waals surface area contributed by atoms with E-state index < -0.39 is 0 Å².